The van der Waals surface area contributed by atoms with Crippen molar-refractivity contribution in [2.45, 2.75) is 33.1 Å². The van der Waals surface area contributed by atoms with Crippen LogP contribution in [-0.4, -0.2) is 11.7 Å². The molecule has 0 amide bonds. The number of nitrogens with zero attached hydrogens (tertiary/aromatic N) is 5. The molecule has 8 aromatic carbocycles. The van der Waals surface area contributed by atoms with Crippen LogP contribution >= 0.6 is 0 Å². The maximum atomic E-state index is 5.28. The van der Waals surface area contributed by atoms with E-state index in [0.717, 1.165) is 56.6 Å². The van der Waals surface area contributed by atoms with Gasteiger partial charge in [-0.1, -0.05) is 148 Å². The fraction of sp³-hybridized carbons (Fsp3) is 0.102. The van der Waals surface area contributed by atoms with E-state index in [-0.39, 0.29) is 5.41 Å². The molecule has 0 unspecified atom stereocenters. The van der Waals surface area contributed by atoms with E-state index >= 15 is 0 Å². The molecule has 0 aliphatic carbocycles. The summed E-state index contributed by atoms with van der Waals surface area (Å²) in [6.07, 6.45) is 2.04. The standard InChI is InChI=1S/C59H49N5/c1-41-34-58(60-39-53(41)42-20-8-5-9-21-42)64-54-29-17-16-28-51(54)49-26-14-15-27-50(49)52-33-32-46(38-57(52)64)63(45-24-12-7-13-25-45)48-36-43(59(2,3)4)35-47(37-48)62-40-61(44-22-10-6-11-23-44)55-30-18-19-31-56(55)62/h5-39H,40H2,1-4H3. The average Bonchev–Trinajstić information content (AvgIpc) is 3.67. The van der Waals surface area contributed by atoms with Crippen molar-refractivity contribution in [2.75, 3.05) is 26.3 Å². The van der Waals surface area contributed by atoms with Crippen molar-refractivity contribution >= 4 is 57.0 Å². The monoisotopic (exact) mass is 827 g/mol. The molecule has 0 bridgehead atoms. The lowest BCUT2D eigenvalue weighted by molar-refractivity contribution is 0.590. The minimum absolute atomic E-state index is 0.126. The maximum Gasteiger partial charge on any atom is 0.137 e. The Bertz CT molecular complexity index is 3160. The van der Waals surface area contributed by atoms with Crippen LogP contribution < -0.4 is 19.6 Å². The lowest BCUT2D eigenvalue weighted by Gasteiger charge is -2.32. The number of aryl methyl sites for hydroxylation is 1. The van der Waals surface area contributed by atoms with Gasteiger partial charge in [-0.15, -0.1) is 0 Å². The first-order valence-electron chi connectivity index (χ1n) is 22.2. The van der Waals surface area contributed by atoms with Crippen LogP contribution in [0.1, 0.15) is 31.9 Å². The van der Waals surface area contributed by atoms with Crippen LogP contribution in [0.5, 0.6) is 0 Å². The zero-order valence-electron chi connectivity index (χ0n) is 36.7. The molecule has 0 atom stereocenters. The highest BCUT2D eigenvalue weighted by molar-refractivity contribution is 6.03. The van der Waals surface area contributed by atoms with Crippen molar-refractivity contribution in [2.24, 2.45) is 0 Å². The SMILES string of the molecule is Cc1cc(N2c3ccccc3-c3ccccc3-c3ccc(N(c4ccccc4)c4cc(N5CN(c6ccccc6)c6ccccc65)cc(C(C)(C)C)c4)cc32)ncc1-c1ccccc1. The molecule has 0 fully saturated rings. The molecule has 64 heavy (non-hydrogen) atoms. The van der Waals surface area contributed by atoms with Gasteiger partial charge in [-0.05, 0) is 119 Å². The van der Waals surface area contributed by atoms with Crippen LogP contribution in [0.4, 0.5) is 57.0 Å². The van der Waals surface area contributed by atoms with Crippen molar-refractivity contribution < 1.29 is 0 Å². The summed E-state index contributed by atoms with van der Waals surface area (Å²) in [7, 11) is 0. The molecule has 9 aromatic rings. The summed E-state index contributed by atoms with van der Waals surface area (Å²) in [6, 6.07) is 74.7. The molecule has 1 aromatic heterocycles. The highest BCUT2D eigenvalue weighted by Gasteiger charge is 2.32. The fourth-order valence-corrected chi connectivity index (χ4v) is 9.48. The number of rotatable bonds is 7. The molecule has 0 spiro atoms. The molecule has 3 heterocycles. The van der Waals surface area contributed by atoms with Crippen LogP contribution in [-0.2, 0) is 5.41 Å². The average molecular weight is 828 g/mol. The second-order valence-corrected chi connectivity index (χ2v) is 17.8. The lowest BCUT2D eigenvalue weighted by Crippen LogP contribution is -2.25. The largest absolute Gasteiger partial charge is 0.321 e. The Morgan fingerprint density at radius 3 is 1.66 bits per heavy atom. The van der Waals surface area contributed by atoms with E-state index < -0.39 is 0 Å². The number of hydrogen-bond donors (Lipinski definition) is 0. The van der Waals surface area contributed by atoms with Gasteiger partial charge in [-0.25, -0.2) is 4.98 Å². The highest BCUT2D eigenvalue weighted by atomic mass is 15.4. The summed E-state index contributed by atoms with van der Waals surface area (Å²) in [4.78, 5) is 14.9. The van der Waals surface area contributed by atoms with Gasteiger partial charge in [0.25, 0.3) is 0 Å². The summed E-state index contributed by atoms with van der Waals surface area (Å²) < 4.78 is 0. The Balaban J connectivity index is 1.12. The van der Waals surface area contributed by atoms with Gasteiger partial charge >= 0.3 is 0 Å². The van der Waals surface area contributed by atoms with E-state index in [9.17, 15) is 0 Å². The molecule has 5 heteroatoms. The molecule has 2 aliphatic heterocycles. The molecular weight excluding hydrogens is 779 g/mol. The zero-order valence-corrected chi connectivity index (χ0v) is 36.7. The number of hydrogen-bond acceptors (Lipinski definition) is 5. The molecule has 0 radical (unpaired) electrons. The van der Waals surface area contributed by atoms with Gasteiger partial charge in [0.05, 0.1) is 22.7 Å². The third-order valence-corrected chi connectivity index (χ3v) is 12.7. The maximum absolute atomic E-state index is 5.28. The number of para-hydroxylation sites is 5. The Hall–Kier alpha value is -7.89. The summed E-state index contributed by atoms with van der Waals surface area (Å²) in [5.74, 6) is 0.870. The third-order valence-electron chi connectivity index (χ3n) is 12.7. The minimum Gasteiger partial charge on any atom is -0.321 e. The lowest BCUT2D eigenvalue weighted by atomic mass is 9.86. The van der Waals surface area contributed by atoms with Gasteiger partial charge in [0.1, 0.15) is 12.5 Å². The van der Waals surface area contributed by atoms with E-state index in [1.165, 1.54) is 44.9 Å². The highest BCUT2D eigenvalue weighted by Crippen LogP contribution is 2.53. The summed E-state index contributed by atoms with van der Waals surface area (Å²) >= 11 is 0. The molecule has 2 aliphatic rings. The molecule has 0 saturated heterocycles. The van der Waals surface area contributed by atoms with Gasteiger partial charge in [0.15, 0.2) is 0 Å². The smallest absolute Gasteiger partial charge is 0.137 e. The molecule has 0 N–H and O–H groups in total. The van der Waals surface area contributed by atoms with Crippen LogP contribution in [0.3, 0.4) is 0 Å². The summed E-state index contributed by atoms with van der Waals surface area (Å²) in [6.45, 7) is 9.82. The van der Waals surface area contributed by atoms with E-state index in [4.69, 9.17) is 4.98 Å². The molecule has 0 saturated carbocycles. The first-order valence-corrected chi connectivity index (χ1v) is 22.2. The van der Waals surface area contributed by atoms with Gasteiger partial charge in [-0.2, -0.15) is 0 Å². The molecule has 11 rings (SSSR count). The Morgan fingerprint density at radius 1 is 0.438 bits per heavy atom. The van der Waals surface area contributed by atoms with E-state index in [0.29, 0.717) is 6.67 Å². The topological polar surface area (TPSA) is 25.9 Å². The van der Waals surface area contributed by atoms with E-state index in [2.05, 4.69) is 254 Å². The van der Waals surface area contributed by atoms with Crippen molar-refractivity contribution in [1.29, 1.82) is 0 Å². The van der Waals surface area contributed by atoms with Gasteiger partial charge in [0, 0.05) is 51.3 Å². The first kappa shape index (κ1) is 39.0. The molecule has 5 nitrogen and oxygen atoms in total. The number of anilines is 10. The summed E-state index contributed by atoms with van der Waals surface area (Å²) in [5.41, 5.74) is 19.4. The Morgan fingerprint density at radius 2 is 1.00 bits per heavy atom. The van der Waals surface area contributed by atoms with Crippen LogP contribution in [0.25, 0.3) is 33.4 Å². The predicted molar refractivity (Wildman–Crippen MR) is 269 cm³/mol. The number of fused-ring (bicyclic) bond motifs is 6. The number of benzene rings is 8. The number of pyridine rings is 1. The molecule has 310 valence electrons. The first-order chi connectivity index (χ1) is 31.3. The van der Waals surface area contributed by atoms with Crippen molar-refractivity contribution in [1.82, 2.24) is 4.98 Å². The fourth-order valence-electron chi connectivity index (χ4n) is 9.48. The van der Waals surface area contributed by atoms with Crippen LogP contribution in [0.2, 0.25) is 0 Å². The van der Waals surface area contributed by atoms with Gasteiger partial charge in [0.2, 0.25) is 0 Å². The van der Waals surface area contributed by atoms with Gasteiger partial charge < -0.3 is 14.7 Å². The van der Waals surface area contributed by atoms with Crippen molar-refractivity contribution in [3.05, 3.63) is 224 Å². The Kier molecular flexibility index (Phi) is 9.62. The zero-order chi connectivity index (χ0) is 43.4. The van der Waals surface area contributed by atoms with Crippen LogP contribution in [0, 0.1) is 6.92 Å². The minimum atomic E-state index is -0.126. The van der Waals surface area contributed by atoms with Gasteiger partial charge in [-0.3, -0.25) is 4.90 Å². The van der Waals surface area contributed by atoms with E-state index in [1.54, 1.807) is 0 Å². The third kappa shape index (κ3) is 6.86. The Labute approximate surface area is 376 Å². The van der Waals surface area contributed by atoms with Crippen molar-refractivity contribution in [3.63, 3.8) is 0 Å². The number of aromatic nitrogens is 1. The predicted octanol–water partition coefficient (Wildman–Crippen LogP) is 16.2. The molecular formula is C59H49N5. The normalized spacial score (nSPS) is 12.8. The second kappa shape index (κ2) is 15.8. The van der Waals surface area contributed by atoms with Crippen LogP contribution in [0.15, 0.2) is 212 Å². The quantitative estimate of drug-likeness (QED) is 0.159. The second-order valence-electron chi connectivity index (χ2n) is 17.8. The van der Waals surface area contributed by atoms with Crippen molar-refractivity contribution in [3.8, 4) is 33.4 Å². The summed E-state index contributed by atoms with van der Waals surface area (Å²) in [5, 5.41) is 0. The van der Waals surface area contributed by atoms with E-state index in [1.807, 2.05) is 6.20 Å².